The summed E-state index contributed by atoms with van der Waals surface area (Å²) in [4.78, 5) is 47.0. The second-order valence-electron chi connectivity index (χ2n) is 5.93. The summed E-state index contributed by atoms with van der Waals surface area (Å²) in [5.41, 5.74) is -5.88. The lowest BCUT2D eigenvalue weighted by Gasteiger charge is -2.39. The second kappa shape index (κ2) is 9.36. The van der Waals surface area contributed by atoms with Gasteiger partial charge in [-0.3, -0.25) is 14.4 Å². The highest BCUT2D eigenvalue weighted by Crippen LogP contribution is 2.42. The molecule has 2 unspecified atom stereocenters. The van der Waals surface area contributed by atoms with E-state index in [0.29, 0.717) is 6.42 Å². The molecule has 0 amide bonds. The van der Waals surface area contributed by atoms with Gasteiger partial charge in [-0.05, 0) is 12.8 Å². The monoisotopic (exact) mass is 346 g/mol. The van der Waals surface area contributed by atoms with Crippen molar-refractivity contribution >= 4 is 23.7 Å². The molecule has 0 spiro atoms. The zero-order valence-electron chi connectivity index (χ0n) is 14.1. The number of ketones is 1. The zero-order chi connectivity index (χ0) is 19.0. The van der Waals surface area contributed by atoms with Gasteiger partial charge in [0.05, 0.1) is 6.42 Å². The van der Waals surface area contributed by atoms with Crippen molar-refractivity contribution in [1.29, 1.82) is 0 Å². The van der Waals surface area contributed by atoms with Gasteiger partial charge in [0.1, 0.15) is 0 Å². The lowest BCUT2D eigenvalue weighted by molar-refractivity contribution is -0.196. The van der Waals surface area contributed by atoms with E-state index in [2.05, 4.69) is 0 Å². The Bertz CT molecular complexity index is 486. The molecule has 24 heavy (non-hydrogen) atoms. The first-order valence-electron chi connectivity index (χ1n) is 8.04. The first kappa shape index (κ1) is 22.0. The Balaban J connectivity index is 6.10. The van der Waals surface area contributed by atoms with Crippen LogP contribution in [-0.2, 0) is 19.2 Å². The molecular formula is C16H26O8. The van der Waals surface area contributed by atoms with Crippen LogP contribution >= 0.6 is 0 Å². The minimum Gasteiger partial charge on any atom is -0.481 e. The third-order valence-electron chi connectivity index (χ3n) is 4.19. The van der Waals surface area contributed by atoms with Gasteiger partial charge in [0, 0.05) is 6.42 Å². The second-order valence-corrected chi connectivity index (χ2v) is 5.93. The van der Waals surface area contributed by atoms with Crippen LogP contribution in [0.15, 0.2) is 0 Å². The van der Waals surface area contributed by atoms with E-state index in [4.69, 9.17) is 5.11 Å². The van der Waals surface area contributed by atoms with Crippen molar-refractivity contribution in [2.24, 2.45) is 5.41 Å². The van der Waals surface area contributed by atoms with Gasteiger partial charge in [-0.1, -0.05) is 39.5 Å². The maximum Gasteiger partial charge on any atom is 0.338 e. The number of Topliss-reactive ketones (excluding diaryl/α,β-unsaturated/α-hetero) is 1. The molecule has 0 rings (SSSR count). The number of hydrogen-bond donors (Lipinski definition) is 4. The van der Waals surface area contributed by atoms with Crippen molar-refractivity contribution in [2.75, 3.05) is 0 Å². The van der Waals surface area contributed by atoms with Crippen LogP contribution in [0.2, 0.25) is 0 Å². The number of carbonyl (C=O) groups excluding carboxylic acids is 1. The van der Waals surface area contributed by atoms with Crippen LogP contribution in [0.5, 0.6) is 0 Å². The van der Waals surface area contributed by atoms with Crippen LogP contribution in [-0.4, -0.2) is 49.7 Å². The van der Waals surface area contributed by atoms with Crippen molar-refractivity contribution in [3.05, 3.63) is 0 Å². The Morgan fingerprint density at radius 2 is 1.42 bits per heavy atom. The number of hydrogen-bond acceptors (Lipinski definition) is 5. The molecule has 0 aliphatic heterocycles. The minimum atomic E-state index is -3.21. The van der Waals surface area contributed by atoms with Crippen LogP contribution in [0.4, 0.5) is 0 Å². The quantitative estimate of drug-likeness (QED) is 0.291. The van der Waals surface area contributed by atoms with E-state index in [1.807, 2.05) is 6.92 Å². The molecule has 0 heterocycles. The molecule has 0 aromatic carbocycles. The summed E-state index contributed by atoms with van der Waals surface area (Å²) in [6.07, 6.45) is 0.553. The van der Waals surface area contributed by atoms with Gasteiger partial charge in [0.2, 0.25) is 0 Å². The highest BCUT2D eigenvalue weighted by molar-refractivity contribution is 6.09. The predicted octanol–water partition coefficient (Wildman–Crippen LogP) is 1.69. The third kappa shape index (κ3) is 4.53. The molecule has 0 saturated carbocycles. The normalized spacial score (nSPS) is 16.0. The topological polar surface area (TPSA) is 149 Å². The van der Waals surface area contributed by atoms with Gasteiger partial charge in [-0.2, -0.15) is 0 Å². The Labute approximate surface area is 140 Å². The average Bonchev–Trinajstić information content (AvgIpc) is 2.46. The van der Waals surface area contributed by atoms with Gasteiger partial charge in [0.25, 0.3) is 0 Å². The fourth-order valence-electron chi connectivity index (χ4n) is 2.87. The van der Waals surface area contributed by atoms with Crippen LogP contribution in [0, 0.1) is 5.41 Å². The number of rotatable bonds is 13. The Morgan fingerprint density at radius 3 is 1.79 bits per heavy atom. The van der Waals surface area contributed by atoms with E-state index in [9.17, 15) is 34.5 Å². The van der Waals surface area contributed by atoms with E-state index in [1.165, 1.54) is 0 Å². The standard InChI is InChI=1S/C16H26O8/c1-3-5-6-7-9-15(13(20)21,11(17)8-4-2)16(24,14(22)23)10-12(18)19/h24H,3-10H2,1-2H3,(H,18,19)(H,20,21)(H,22,23). The van der Waals surface area contributed by atoms with Crippen molar-refractivity contribution < 1.29 is 39.6 Å². The number of carbonyl (C=O) groups is 4. The maximum atomic E-state index is 12.5. The summed E-state index contributed by atoms with van der Waals surface area (Å²) in [6, 6.07) is 0. The summed E-state index contributed by atoms with van der Waals surface area (Å²) in [5.74, 6) is -6.47. The predicted molar refractivity (Wildman–Crippen MR) is 83.6 cm³/mol. The highest BCUT2D eigenvalue weighted by Gasteiger charge is 2.65. The van der Waals surface area contributed by atoms with Crippen molar-refractivity contribution in [1.82, 2.24) is 0 Å². The van der Waals surface area contributed by atoms with E-state index in [0.717, 1.165) is 12.8 Å². The SMILES string of the molecule is CCCCCCC(C(=O)O)(C(=O)CCC)C(O)(CC(=O)O)C(=O)O. The van der Waals surface area contributed by atoms with Crippen LogP contribution in [0.3, 0.4) is 0 Å². The fraction of sp³-hybridized carbons (Fsp3) is 0.750. The van der Waals surface area contributed by atoms with Crippen LogP contribution < -0.4 is 0 Å². The van der Waals surface area contributed by atoms with Crippen molar-refractivity contribution in [2.45, 2.75) is 70.8 Å². The summed E-state index contributed by atoms with van der Waals surface area (Å²) in [5, 5.41) is 38.4. The fourth-order valence-corrected chi connectivity index (χ4v) is 2.87. The molecule has 0 saturated heterocycles. The van der Waals surface area contributed by atoms with E-state index < -0.39 is 47.5 Å². The lowest BCUT2D eigenvalue weighted by Crippen LogP contribution is -2.63. The number of unbranched alkanes of at least 4 members (excludes halogenated alkanes) is 3. The molecule has 4 N–H and O–H groups in total. The summed E-state index contributed by atoms with van der Waals surface area (Å²) in [7, 11) is 0. The van der Waals surface area contributed by atoms with Gasteiger partial charge in [0.15, 0.2) is 16.8 Å². The minimum absolute atomic E-state index is 0.199. The van der Waals surface area contributed by atoms with Gasteiger partial charge >= 0.3 is 17.9 Å². The molecule has 138 valence electrons. The van der Waals surface area contributed by atoms with E-state index in [1.54, 1.807) is 6.92 Å². The molecule has 8 nitrogen and oxygen atoms in total. The Kier molecular flexibility index (Phi) is 8.60. The molecule has 0 aliphatic rings. The molecule has 8 heteroatoms. The molecule has 0 fully saturated rings. The molecular weight excluding hydrogens is 320 g/mol. The molecule has 0 aromatic rings. The van der Waals surface area contributed by atoms with Gasteiger partial charge in [-0.15, -0.1) is 0 Å². The first-order valence-corrected chi connectivity index (χ1v) is 8.04. The molecule has 2 atom stereocenters. The Hall–Kier alpha value is -1.96. The third-order valence-corrected chi connectivity index (χ3v) is 4.19. The molecule has 0 bridgehead atoms. The zero-order valence-corrected chi connectivity index (χ0v) is 14.1. The molecule has 0 radical (unpaired) electrons. The first-order chi connectivity index (χ1) is 11.1. The maximum absolute atomic E-state index is 12.5. The number of aliphatic carboxylic acids is 3. The lowest BCUT2D eigenvalue weighted by atomic mass is 9.63. The largest absolute Gasteiger partial charge is 0.481 e. The summed E-state index contributed by atoms with van der Waals surface area (Å²) >= 11 is 0. The smallest absolute Gasteiger partial charge is 0.338 e. The summed E-state index contributed by atoms with van der Waals surface area (Å²) < 4.78 is 0. The Morgan fingerprint density at radius 1 is 0.833 bits per heavy atom. The van der Waals surface area contributed by atoms with Crippen LogP contribution in [0.25, 0.3) is 0 Å². The molecule has 0 aromatic heterocycles. The van der Waals surface area contributed by atoms with Crippen molar-refractivity contribution in [3.8, 4) is 0 Å². The summed E-state index contributed by atoms with van der Waals surface area (Å²) in [6.45, 7) is 3.53. The van der Waals surface area contributed by atoms with E-state index >= 15 is 0 Å². The number of carboxylic acid groups (broad SMARTS) is 3. The highest BCUT2D eigenvalue weighted by atomic mass is 16.4. The van der Waals surface area contributed by atoms with Gasteiger partial charge in [-0.25, -0.2) is 4.79 Å². The van der Waals surface area contributed by atoms with Crippen LogP contribution in [0.1, 0.15) is 65.2 Å². The number of aliphatic hydroxyl groups is 1. The average molecular weight is 346 g/mol. The van der Waals surface area contributed by atoms with Gasteiger partial charge < -0.3 is 20.4 Å². The molecule has 0 aliphatic carbocycles. The van der Waals surface area contributed by atoms with E-state index in [-0.39, 0.29) is 19.3 Å². The van der Waals surface area contributed by atoms with Crippen molar-refractivity contribution in [3.63, 3.8) is 0 Å². The number of carboxylic acids is 3.